The summed E-state index contributed by atoms with van der Waals surface area (Å²) in [7, 11) is 5.91. The van der Waals surface area contributed by atoms with Crippen molar-refractivity contribution in [3.8, 4) is 0 Å². The summed E-state index contributed by atoms with van der Waals surface area (Å²) in [5.74, 6) is 0.910. The van der Waals surface area contributed by atoms with Gasteiger partial charge in [0.2, 0.25) is 0 Å². The Morgan fingerprint density at radius 2 is 1.81 bits per heavy atom. The highest BCUT2D eigenvalue weighted by Crippen LogP contribution is 2.40. The standard InChI is InChI=1S/C21H36N4O.HI/c1-5-22-20(23-16-18-8-10-19(11-9-18)25(2)3)24-17-21(14-15-26-4)12-6-7-13-21;/h8-11H,5-7,12-17H2,1-4H3,(H2,22,23,24);1H. The minimum absolute atomic E-state index is 0. The average Bonchev–Trinajstić information content (AvgIpc) is 3.12. The molecule has 2 N–H and O–H groups in total. The summed E-state index contributed by atoms with van der Waals surface area (Å²) < 4.78 is 5.34. The SMILES string of the molecule is CCNC(=NCc1ccc(N(C)C)cc1)NCC1(CCOC)CCCC1.I. The van der Waals surface area contributed by atoms with Crippen molar-refractivity contribution in [2.45, 2.75) is 45.6 Å². The van der Waals surface area contributed by atoms with Gasteiger partial charge in [0.25, 0.3) is 0 Å². The van der Waals surface area contributed by atoms with Crippen LogP contribution in [-0.2, 0) is 11.3 Å². The molecule has 5 nitrogen and oxygen atoms in total. The van der Waals surface area contributed by atoms with Gasteiger partial charge in [-0.05, 0) is 49.3 Å². The maximum atomic E-state index is 5.34. The Labute approximate surface area is 182 Å². The summed E-state index contributed by atoms with van der Waals surface area (Å²) in [5, 5.41) is 6.97. The predicted molar refractivity (Wildman–Crippen MR) is 126 cm³/mol. The molecule has 0 spiro atoms. The molecule has 1 fully saturated rings. The highest BCUT2D eigenvalue weighted by molar-refractivity contribution is 14.0. The first kappa shape index (κ1) is 24.0. The van der Waals surface area contributed by atoms with Crippen LogP contribution < -0.4 is 15.5 Å². The molecule has 1 aliphatic carbocycles. The Morgan fingerprint density at radius 1 is 1.15 bits per heavy atom. The minimum atomic E-state index is 0. The van der Waals surface area contributed by atoms with Gasteiger partial charge < -0.3 is 20.3 Å². The monoisotopic (exact) mass is 488 g/mol. The number of halogens is 1. The van der Waals surface area contributed by atoms with Crippen LogP contribution in [0.2, 0.25) is 0 Å². The predicted octanol–water partition coefficient (Wildman–Crippen LogP) is 4.02. The summed E-state index contributed by atoms with van der Waals surface area (Å²) in [6, 6.07) is 8.59. The lowest BCUT2D eigenvalue weighted by Crippen LogP contribution is -2.43. The van der Waals surface area contributed by atoms with Crippen molar-refractivity contribution in [3.63, 3.8) is 0 Å². The van der Waals surface area contributed by atoms with Crippen molar-refractivity contribution in [3.05, 3.63) is 29.8 Å². The lowest BCUT2D eigenvalue weighted by Gasteiger charge is -2.30. The molecule has 0 radical (unpaired) electrons. The third kappa shape index (κ3) is 7.86. The van der Waals surface area contributed by atoms with Crippen LogP contribution in [-0.4, -0.2) is 46.9 Å². The van der Waals surface area contributed by atoms with E-state index in [1.807, 2.05) is 0 Å². The van der Waals surface area contributed by atoms with Gasteiger partial charge in [-0.15, -0.1) is 24.0 Å². The van der Waals surface area contributed by atoms with Gasteiger partial charge >= 0.3 is 0 Å². The molecule has 154 valence electrons. The quantitative estimate of drug-likeness (QED) is 0.313. The summed E-state index contributed by atoms with van der Waals surface area (Å²) in [5.41, 5.74) is 2.80. The second kappa shape index (κ2) is 12.4. The number of anilines is 1. The molecule has 2 rings (SSSR count). The topological polar surface area (TPSA) is 48.9 Å². The second-order valence-electron chi connectivity index (χ2n) is 7.56. The number of aliphatic imine (C=N–C) groups is 1. The zero-order valence-electron chi connectivity index (χ0n) is 17.4. The van der Waals surface area contributed by atoms with Gasteiger partial charge in [0.15, 0.2) is 5.96 Å². The molecular formula is C21H37IN4O. The van der Waals surface area contributed by atoms with Crippen molar-refractivity contribution in [2.75, 3.05) is 45.8 Å². The first-order valence-corrected chi connectivity index (χ1v) is 9.86. The van der Waals surface area contributed by atoms with E-state index in [9.17, 15) is 0 Å². The molecule has 0 bridgehead atoms. The van der Waals surface area contributed by atoms with E-state index in [0.717, 1.165) is 32.1 Å². The molecule has 0 saturated heterocycles. The summed E-state index contributed by atoms with van der Waals surface area (Å²) in [6.07, 6.45) is 6.36. The van der Waals surface area contributed by atoms with Crippen LogP contribution in [0.4, 0.5) is 5.69 Å². The zero-order chi connectivity index (χ0) is 18.8. The smallest absolute Gasteiger partial charge is 0.191 e. The average molecular weight is 488 g/mol. The van der Waals surface area contributed by atoms with Crippen molar-refractivity contribution < 1.29 is 4.74 Å². The number of rotatable bonds is 9. The van der Waals surface area contributed by atoms with E-state index in [1.54, 1.807) is 7.11 Å². The third-order valence-corrected chi connectivity index (χ3v) is 5.35. The molecule has 0 atom stereocenters. The summed E-state index contributed by atoms with van der Waals surface area (Å²) in [4.78, 5) is 6.89. The normalized spacial score (nSPS) is 15.9. The number of ether oxygens (including phenoxy) is 1. The fourth-order valence-corrected chi connectivity index (χ4v) is 3.64. The number of hydrogen-bond acceptors (Lipinski definition) is 3. The van der Waals surface area contributed by atoms with Gasteiger partial charge in [0, 0.05) is 46.6 Å². The van der Waals surface area contributed by atoms with E-state index in [-0.39, 0.29) is 24.0 Å². The second-order valence-corrected chi connectivity index (χ2v) is 7.56. The summed E-state index contributed by atoms with van der Waals surface area (Å²) in [6.45, 7) is 5.49. The van der Waals surface area contributed by atoms with Crippen LogP contribution in [0.3, 0.4) is 0 Å². The van der Waals surface area contributed by atoms with Crippen LogP contribution in [0.5, 0.6) is 0 Å². The number of benzene rings is 1. The van der Waals surface area contributed by atoms with Crippen LogP contribution in [0.15, 0.2) is 29.3 Å². The van der Waals surface area contributed by atoms with Crippen molar-refractivity contribution in [2.24, 2.45) is 10.4 Å². The molecule has 0 aromatic heterocycles. The van der Waals surface area contributed by atoms with Gasteiger partial charge in [-0.1, -0.05) is 25.0 Å². The molecule has 0 heterocycles. The molecule has 6 heteroatoms. The molecule has 1 aliphatic rings. The van der Waals surface area contributed by atoms with E-state index in [4.69, 9.17) is 9.73 Å². The first-order chi connectivity index (χ1) is 12.6. The van der Waals surface area contributed by atoms with Gasteiger partial charge in [0.05, 0.1) is 6.54 Å². The van der Waals surface area contributed by atoms with Gasteiger partial charge in [-0.3, -0.25) is 0 Å². The number of hydrogen-bond donors (Lipinski definition) is 2. The maximum absolute atomic E-state index is 5.34. The largest absolute Gasteiger partial charge is 0.385 e. The first-order valence-electron chi connectivity index (χ1n) is 9.86. The van der Waals surface area contributed by atoms with Crippen molar-refractivity contribution >= 4 is 35.6 Å². The van der Waals surface area contributed by atoms with Crippen molar-refractivity contribution in [1.29, 1.82) is 0 Å². The Morgan fingerprint density at radius 3 is 2.37 bits per heavy atom. The minimum Gasteiger partial charge on any atom is -0.385 e. The Kier molecular flexibility index (Phi) is 11.1. The fourth-order valence-electron chi connectivity index (χ4n) is 3.64. The number of guanidine groups is 1. The molecule has 1 aromatic rings. The molecule has 27 heavy (non-hydrogen) atoms. The Bertz CT molecular complexity index is 554. The Hall–Kier alpha value is -1.02. The maximum Gasteiger partial charge on any atom is 0.191 e. The van der Waals surface area contributed by atoms with Crippen molar-refractivity contribution in [1.82, 2.24) is 10.6 Å². The zero-order valence-corrected chi connectivity index (χ0v) is 19.7. The van der Waals surface area contributed by atoms with Gasteiger partial charge in [0.1, 0.15) is 0 Å². The van der Waals surface area contributed by atoms with Crippen LogP contribution in [0, 0.1) is 5.41 Å². The summed E-state index contributed by atoms with van der Waals surface area (Å²) >= 11 is 0. The third-order valence-electron chi connectivity index (χ3n) is 5.35. The fraction of sp³-hybridized carbons (Fsp3) is 0.667. The van der Waals surface area contributed by atoms with E-state index in [2.05, 4.69) is 60.8 Å². The molecule has 0 amide bonds. The van der Waals surface area contributed by atoms with Gasteiger partial charge in [-0.25, -0.2) is 4.99 Å². The molecule has 1 aromatic carbocycles. The lowest BCUT2D eigenvalue weighted by molar-refractivity contribution is 0.138. The number of nitrogens with one attached hydrogen (secondary N) is 2. The number of nitrogens with zero attached hydrogens (tertiary/aromatic N) is 2. The molecular weight excluding hydrogens is 451 g/mol. The van der Waals surface area contributed by atoms with Crippen LogP contribution >= 0.6 is 24.0 Å². The van der Waals surface area contributed by atoms with E-state index in [1.165, 1.54) is 36.9 Å². The van der Waals surface area contributed by atoms with Gasteiger partial charge in [-0.2, -0.15) is 0 Å². The lowest BCUT2D eigenvalue weighted by atomic mass is 9.83. The Balaban J connectivity index is 0.00000364. The van der Waals surface area contributed by atoms with E-state index >= 15 is 0 Å². The number of methoxy groups -OCH3 is 1. The van der Waals surface area contributed by atoms with E-state index in [0.29, 0.717) is 12.0 Å². The highest BCUT2D eigenvalue weighted by atomic mass is 127. The molecule has 0 unspecified atom stereocenters. The highest BCUT2D eigenvalue weighted by Gasteiger charge is 2.33. The molecule has 0 aliphatic heterocycles. The molecule has 1 saturated carbocycles. The van der Waals surface area contributed by atoms with Crippen LogP contribution in [0.1, 0.15) is 44.6 Å². The van der Waals surface area contributed by atoms with Crippen LogP contribution in [0.25, 0.3) is 0 Å². The van der Waals surface area contributed by atoms with E-state index < -0.39 is 0 Å².